The van der Waals surface area contributed by atoms with Crippen molar-refractivity contribution in [1.82, 2.24) is 9.80 Å². The Kier molecular flexibility index (Phi) is 5.57. The summed E-state index contributed by atoms with van der Waals surface area (Å²) in [6.45, 7) is 2.90. The maximum atomic E-state index is 12.8. The fourth-order valence-electron chi connectivity index (χ4n) is 2.57. The lowest BCUT2D eigenvalue weighted by Crippen LogP contribution is -2.45. The van der Waals surface area contributed by atoms with Crippen LogP contribution < -0.4 is 5.84 Å². The van der Waals surface area contributed by atoms with Crippen molar-refractivity contribution in [2.24, 2.45) is 10.9 Å². The number of likely N-dealkylation sites (N-methyl/N-ethyl adjacent to an activating group) is 1. The van der Waals surface area contributed by atoms with Crippen LogP contribution >= 0.6 is 12.4 Å². The van der Waals surface area contributed by atoms with Crippen molar-refractivity contribution in [2.75, 3.05) is 7.05 Å². The first-order chi connectivity index (χ1) is 10.7. The molecule has 3 amide bonds. The normalized spacial score (nSPS) is 22.0. The van der Waals surface area contributed by atoms with E-state index in [9.17, 15) is 14.4 Å². The molecule has 0 radical (unpaired) electrons. The van der Waals surface area contributed by atoms with Crippen molar-refractivity contribution in [2.45, 2.75) is 25.4 Å². The predicted octanol–water partition coefficient (Wildman–Crippen LogP) is 0.983. The zero-order valence-corrected chi connectivity index (χ0v) is 14.3. The number of carbonyl (C=O) groups excluding carboxylic acids is 2. The van der Waals surface area contributed by atoms with Crippen LogP contribution in [0, 0.1) is 0 Å². The number of hydrogen-bond acceptors (Lipinski definition) is 5. The monoisotopic (exact) mass is 354 g/mol. The van der Waals surface area contributed by atoms with Crippen LogP contribution in [0.5, 0.6) is 0 Å². The summed E-state index contributed by atoms with van der Waals surface area (Å²) in [5.74, 6) is 3.28. The Hall–Kier alpha value is -2.61. The molecule has 0 unspecified atom stereocenters. The van der Waals surface area contributed by atoms with Gasteiger partial charge in [0.05, 0.1) is 6.21 Å². The number of nitrogens with zero attached hydrogens (tertiary/aromatic N) is 3. The molecule has 1 saturated heterocycles. The molecule has 3 N–H and O–H groups in total. The summed E-state index contributed by atoms with van der Waals surface area (Å²) in [6, 6.07) is 4.93. The van der Waals surface area contributed by atoms with Crippen molar-refractivity contribution in [3.63, 3.8) is 0 Å². The van der Waals surface area contributed by atoms with E-state index in [4.69, 9.17) is 10.9 Å². The maximum Gasteiger partial charge on any atom is 0.328 e. The Labute approximate surface area is 145 Å². The van der Waals surface area contributed by atoms with E-state index in [-0.39, 0.29) is 12.4 Å². The minimum atomic E-state index is -1.26. The van der Waals surface area contributed by atoms with Crippen LogP contribution in [0.15, 0.2) is 29.4 Å². The van der Waals surface area contributed by atoms with Crippen molar-refractivity contribution in [3.8, 4) is 0 Å². The molecule has 0 spiro atoms. The second-order valence-corrected chi connectivity index (χ2v) is 5.50. The van der Waals surface area contributed by atoms with Gasteiger partial charge in [0.15, 0.2) is 0 Å². The van der Waals surface area contributed by atoms with E-state index in [0.29, 0.717) is 5.56 Å². The highest BCUT2D eigenvalue weighted by atomic mass is 35.5. The number of urea groups is 1. The zero-order valence-electron chi connectivity index (χ0n) is 13.5. The molecule has 0 aliphatic carbocycles. The molecule has 2 atom stereocenters. The first-order valence-corrected chi connectivity index (χ1v) is 6.93. The number of benzene rings is 1. The molecular formula is C15H19ClN4O4. The highest BCUT2D eigenvalue weighted by Gasteiger charge is 2.55. The number of carbonyl (C=O) groups is 3. The number of hydrogen-bond donors (Lipinski definition) is 2. The van der Waals surface area contributed by atoms with E-state index in [1.807, 2.05) is 0 Å². The van der Waals surface area contributed by atoms with Gasteiger partial charge in [-0.25, -0.2) is 14.5 Å². The molecule has 0 aromatic heterocycles. The Morgan fingerprint density at radius 3 is 2.33 bits per heavy atom. The molecule has 0 bridgehead atoms. The Bertz CT molecular complexity index is 691. The number of hydrazone groups is 1. The molecule has 1 aromatic carbocycles. The van der Waals surface area contributed by atoms with Gasteiger partial charge >= 0.3 is 12.0 Å². The van der Waals surface area contributed by atoms with Gasteiger partial charge in [0, 0.05) is 7.05 Å². The number of aliphatic carboxylic acids is 1. The molecule has 1 aliphatic heterocycles. The molecule has 1 fully saturated rings. The van der Waals surface area contributed by atoms with Gasteiger partial charge in [0.1, 0.15) is 11.6 Å². The molecular weight excluding hydrogens is 336 g/mol. The van der Waals surface area contributed by atoms with Gasteiger partial charge in [-0.15, -0.1) is 12.4 Å². The molecule has 1 heterocycles. The van der Waals surface area contributed by atoms with E-state index in [1.165, 1.54) is 25.1 Å². The van der Waals surface area contributed by atoms with Crippen molar-refractivity contribution < 1.29 is 19.5 Å². The van der Waals surface area contributed by atoms with Gasteiger partial charge < -0.3 is 15.8 Å². The summed E-state index contributed by atoms with van der Waals surface area (Å²) in [5.41, 5.74) is 0.0572. The van der Waals surface area contributed by atoms with Crippen LogP contribution in [0.2, 0.25) is 0 Å². The van der Waals surface area contributed by atoms with Gasteiger partial charge in [-0.2, -0.15) is 5.10 Å². The van der Waals surface area contributed by atoms with E-state index in [0.717, 1.165) is 10.5 Å². The Morgan fingerprint density at radius 1 is 1.33 bits per heavy atom. The molecule has 1 aliphatic rings. The Morgan fingerprint density at radius 2 is 1.88 bits per heavy atom. The number of amides is 3. The number of carboxylic acids is 1. The molecule has 9 heteroatoms. The van der Waals surface area contributed by atoms with E-state index in [2.05, 4.69) is 5.10 Å². The molecule has 2 rings (SSSR count). The number of imide groups is 1. The van der Waals surface area contributed by atoms with Gasteiger partial charge in [0.2, 0.25) is 0 Å². The minimum Gasteiger partial charge on any atom is -0.480 e. The van der Waals surface area contributed by atoms with Crippen molar-refractivity contribution >= 4 is 36.5 Å². The predicted molar refractivity (Wildman–Crippen MR) is 89.9 cm³/mol. The molecule has 8 nitrogen and oxygen atoms in total. The first kappa shape index (κ1) is 19.4. The van der Waals surface area contributed by atoms with Crippen molar-refractivity contribution in [1.29, 1.82) is 0 Å². The highest BCUT2D eigenvalue weighted by molar-refractivity contribution is 6.09. The third-order valence-corrected chi connectivity index (χ3v) is 4.24. The van der Waals surface area contributed by atoms with E-state index < -0.39 is 29.5 Å². The van der Waals surface area contributed by atoms with Crippen molar-refractivity contribution in [3.05, 3.63) is 35.4 Å². The second kappa shape index (κ2) is 6.88. The number of nitrogens with two attached hydrogens (primary N) is 1. The Balaban J connectivity index is 0.00000288. The summed E-state index contributed by atoms with van der Waals surface area (Å²) in [7, 11) is 1.48. The van der Waals surface area contributed by atoms with Crippen LogP contribution in [0.3, 0.4) is 0 Å². The van der Waals surface area contributed by atoms with Crippen LogP contribution in [0.1, 0.15) is 25.0 Å². The molecule has 0 saturated carbocycles. The van der Waals surface area contributed by atoms with Crippen LogP contribution in [-0.2, 0) is 15.1 Å². The van der Waals surface area contributed by atoms with Gasteiger partial charge in [-0.3, -0.25) is 4.79 Å². The van der Waals surface area contributed by atoms with Crippen LogP contribution in [0.4, 0.5) is 4.79 Å². The third-order valence-electron chi connectivity index (χ3n) is 4.24. The number of rotatable bonds is 4. The second-order valence-electron chi connectivity index (χ2n) is 5.50. The van der Waals surface area contributed by atoms with Crippen LogP contribution in [-0.4, -0.2) is 52.1 Å². The summed E-state index contributed by atoms with van der Waals surface area (Å²) in [4.78, 5) is 38.3. The van der Waals surface area contributed by atoms with Crippen LogP contribution in [0.25, 0.3) is 0 Å². The number of carboxylic acid groups (broad SMARTS) is 1. The maximum absolute atomic E-state index is 12.8. The summed E-state index contributed by atoms with van der Waals surface area (Å²) >= 11 is 0. The summed E-state index contributed by atoms with van der Waals surface area (Å²) < 4.78 is 0. The lowest BCUT2D eigenvalue weighted by atomic mass is 9.90. The fourth-order valence-corrected chi connectivity index (χ4v) is 2.57. The standard InChI is InChI=1S/C15H18N4O4.ClH/c1-9(12(20)21)19-13(22)15(2,18(3)14(19)23)11-6-4-10(5-7-11)8-17-16;/h4-9H,16H2,1-3H3,(H,20,21);1H/t9-,15+;/m0./s1. The van der Waals surface area contributed by atoms with E-state index >= 15 is 0 Å². The molecule has 1 aromatic rings. The SMILES string of the molecule is C[C@@H](C(=O)O)N1C(=O)N(C)[C@](C)(c2ccc(C=NN)cc2)C1=O.Cl. The molecule has 130 valence electrons. The van der Waals surface area contributed by atoms with Gasteiger partial charge in [-0.05, 0) is 25.0 Å². The average Bonchev–Trinajstić information content (AvgIpc) is 2.69. The topological polar surface area (TPSA) is 116 Å². The third kappa shape index (κ3) is 2.80. The lowest BCUT2D eigenvalue weighted by molar-refractivity contribution is -0.147. The average molecular weight is 355 g/mol. The minimum absolute atomic E-state index is 0. The van der Waals surface area contributed by atoms with E-state index in [1.54, 1.807) is 31.2 Å². The number of halogens is 1. The molecule has 24 heavy (non-hydrogen) atoms. The zero-order chi connectivity index (χ0) is 17.4. The quantitative estimate of drug-likeness (QED) is 0.362. The highest BCUT2D eigenvalue weighted by Crippen LogP contribution is 2.37. The first-order valence-electron chi connectivity index (χ1n) is 6.93. The summed E-state index contributed by atoms with van der Waals surface area (Å²) in [5, 5.41) is 12.5. The van der Waals surface area contributed by atoms with Gasteiger partial charge in [-0.1, -0.05) is 24.3 Å². The lowest BCUT2D eigenvalue weighted by Gasteiger charge is -2.29. The smallest absolute Gasteiger partial charge is 0.328 e. The van der Waals surface area contributed by atoms with Gasteiger partial charge in [0.25, 0.3) is 5.91 Å². The fraction of sp³-hybridized carbons (Fsp3) is 0.333. The summed E-state index contributed by atoms with van der Waals surface area (Å²) in [6.07, 6.45) is 1.45. The largest absolute Gasteiger partial charge is 0.480 e.